The molecule has 2 aromatic rings. The Bertz CT molecular complexity index is 937. The van der Waals surface area contributed by atoms with E-state index in [2.05, 4.69) is 35.9 Å². The molecule has 13 nitrogen and oxygen atoms in total. The van der Waals surface area contributed by atoms with Crippen molar-refractivity contribution in [2.75, 3.05) is 12.0 Å². The maximum absolute atomic E-state index is 12.9. The van der Waals surface area contributed by atoms with Crippen LogP contribution in [0.25, 0.3) is 0 Å². The minimum Gasteiger partial charge on any atom is -0.480 e. The quantitative estimate of drug-likeness (QED) is 0.164. The first-order chi connectivity index (χ1) is 16.2. The lowest BCUT2D eigenvalue weighted by atomic mass is 10.1. The van der Waals surface area contributed by atoms with E-state index in [0.29, 0.717) is 17.1 Å². The number of H-pyrrole nitrogens is 2. The lowest BCUT2D eigenvalue weighted by Gasteiger charge is -2.23. The Morgan fingerprint density at radius 1 is 0.971 bits per heavy atom. The molecule has 0 radical (unpaired) electrons. The number of aliphatic carboxylic acids is 1. The van der Waals surface area contributed by atoms with Gasteiger partial charge in [-0.25, -0.2) is 14.8 Å². The molecule has 4 unspecified atom stereocenters. The SMILES string of the molecule is CSCCC(NC(=O)C(C)NC(=O)C(Cc1cnc[nH]1)NC(=O)C(N)Cc1cnc[nH]1)C(=O)O. The number of carbonyl (C=O) groups excluding carboxylic acids is 3. The highest BCUT2D eigenvalue weighted by Crippen LogP contribution is 2.04. The predicted octanol–water partition coefficient (Wildman–Crippen LogP) is -1.44. The van der Waals surface area contributed by atoms with E-state index in [1.54, 1.807) is 6.20 Å². The molecular formula is C20H30N8O5S. The number of rotatable bonds is 14. The number of carboxylic acids is 1. The van der Waals surface area contributed by atoms with E-state index < -0.39 is 47.9 Å². The van der Waals surface area contributed by atoms with Crippen molar-refractivity contribution in [1.82, 2.24) is 35.9 Å². The molecule has 186 valence electrons. The van der Waals surface area contributed by atoms with Crippen molar-refractivity contribution in [3.63, 3.8) is 0 Å². The molecule has 0 aliphatic heterocycles. The summed E-state index contributed by atoms with van der Waals surface area (Å²) in [5, 5.41) is 16.9. The maximum Gasteiger partial charge on any atom is 0.326 e. The van der Waals surface area contributed by atoms with E-state index in [0.717, 1.165) is 0 Å². The number of hydrogen-bond donors (Lipinski definition) is 7. The molecule has 0 bridgehead atoms. The zero-order valence-electron chi connectivity index (χ0n) is 18.9. The highest BCUT2D eigenvalue weighted by atomic mass is 32.2. The molecule has 3 amide bonds. The van der Waals surface area contributed by atoms with Crippen LogP contribution in [0.5, 0.6) is 0 Å². The molecule has 0 saturated carbocycles. The minimum atomic E-state index is -1.16. The third kappa shape index (κ3) is 8.51. The number of hydrogen-bond acceptors (Lipinski definition) is 8. The number of nitrogens with one attached hydrogen (secondary N) is 5. The van der Waals surface area contributed by atoms with Crippen LogP contribution >= 0.6 is 11.8 Å². The number of amides is 3. The summed E-state index contributed by atoms with van der Waals surface area (Å²) < 4.78 is 0. The van der Waals surface area contributed by atoms with E-state index in [1.807, 2.05) is 6.26 Å². The Morgan fingerprint density at radius 3 is 2.09 bits per heavy atom. The summed E-state index contributed by atoms with van der Waals surface area (Å²) >= 11 is 1.46. The van der Waals surface area contributed by atoms with Crippen LogP contribution in [-0.4, -0.2) is 84.9 Å². The summed E-state index contributed by atoms with van der Waals surface area (Å²) in [7, 11) is 0. The van der Waals surface area contributed by atoms with Crippen molar-refractivity contribution in [1.29, 1.82) is 0 Å². The number of thioether (sulfide) groups is 1. The third-order valence-corrected chi connectivity index (χ3v) is 5.56. The molecule has 34 heavy (non-hydrogen) atoms. The molecular weight excluding hydrogens is 464 g/mol. The van der Waals surface area contributed by atoms with Gasteiger partial charge in [0.1, 0.15) is 18.1 Å². The third-order valence-electron chi connectivity index (χ3n) is 4.92. The van der Waals surface area contributed by atoms with E-state index in [-0.39, 0.29) is 19.3 Å². The molecule has 0 aromatic carbocycles. The molecule has 0 aliphatic carbocycles. The van der Waals surface area contributed by atoms with Crippen LogP contribution in [0.3, 0.4) is 0 Å². The van der Waals surface area contributed by atoms with Crippen molar-refractivity contribution in [3.8, 4) is 0 Å². The van der Waals surface area contributed by atoms with Crippen LogP contribution in [0.1, 0.15) is 24.7 Å². The zero-order chi connectivity index (χ0) is 25.1. The average Bonchev–Trinajstić information content (AvgIpc) is 3.49. The second-order valence-electron chi connectivity index (χ2n) is 7.64. The van der Waals surface area contributed by atoms with E-state index in [4.69, 9.17) is 5.73 Å². The van der Waals surface area contributed by atoms with Gasteiger partial charge in [0.2, 0.25) is 17.7 Å². The van der Waals surface area contributed by atoms with Gasteiger partial charge in [-0.05, 0) is 25.4 Å². The minimum absolute atomic E-state index is 0.0775. The molecule has 14 heteroatoms. The van der Waals surface area contributed by atoms with Crippen molar-refractivity contribution in [2.45, 2.75) is 50.4 Å². The molecule has 2 rings (SSSR count). The van der Waals surface area contributed by atoms with Gasteiger partial charge in [-0.15, -0.1) is 0 Å². The van der Waals surface area contributed by atoms with Crippen molar-refractivity contribution < 1.29 is 24.3 Å². The summed E-state index contributed by atoms with van der Waals surface area (Å²) in [5.41, 5.74) is 7.22. The summed E-state index contributed by atoms with van der Waals surface area (Å²) in [5.74, 6) is -2.44. The van der Waals surface area contributed by atoms with Gasteiger partial charge in [0.15, 0.2) is 0 Å². The van der Waals surface area contributed by atoms with Crippen LogP contribution in [0, 0.1) is 0 Å². The molecule has 0 aliphatic rings. The Kier molecular flexibility index (Phi) is 10.5. The van der Waals surface area contributed by atoms with Crippen molar-refractivity contribution >= 4 is 35.5 Å². The number of nitrogens with two attached hydrogens (primary N) is 1. The first-order valence-corrected chi connectivity index (χ1v) is 11.9. The van der Waals surface area contributed by atoms with Crippen LogP contribution in [0.15, 0.2) is 25.0 Å². The van der Waals surface area contributed by atoms with Gasteiger partial charge >= 0.3 is 5.97 Å². The van der Waals surface area contributed by atoms with Gasteiger partial charge in [0, 0.05) is 36.6 Å². The summed E-state index contributed by atoms with van der Waals surface area (Å²) in [6, 6.07) is -4.10. The fraction of sp³-hybridized carbons (Fsp3) is 0.500. The second-order valence-corrected chi connectivity index (χ2v) is 8.63. The normalized spacial score (nSPS) is 14.4. The summed E-state index contributed by atoms with van der Waals surface area (Å²) in [6.45, 7) is 1.43. The molecule has 0 fully saturated rings. The summed E-state index contributed by atoms with van der Waals surface area (Å²) in [6.07, 6.45) is 8.31. The Balaban J connectivity index is 2.02. The zero-order valence-corrected chi connectivity index (χ0v) is 19.7. The van der Waals surface area contributed by atoms with Gasteiger partial charge in [-0.1, -0.05) is 0 Å². The van der Waals surface area contributed by atoms with Crippen LogP contribution in [-0.2, 0) is 32.0 Å². The highest BCUT2D eigenvalue weighted by Gasteiger charge is 2.29. The Morgan fingerprint density at radius 2 is 1.56 bits per heavy atom. The lowest BCUT2D eigenvalue weighted by molar-refractivity contribution is -0.142. The molecule has 8 N–H and O–H groups in total. The van der Waals surface area contributed by atoms with Crippen molar-refractivity contribution in [2.24, 2.45) is 5.73 Å². The van der Waals surface area contributed by atoms with Crippen LogP contribution in [0.4, 0.5) is 0 Å². The molecule has 2 heterocycles. The first-order valence-electron chi connectivity index (χ1n) is 10.5. The number of imidazole rings is 2. The molecule has 0 saturated heterocycles. The fourth-order valence-electron chi connectivity index (χ4n) is 3.00. The number of aromatic nitrogens is 4. The number of carbonyl (C=O) groups is 4. The lowest BCUT2D eigenvalue weighted by Crippen LogP contribution is -2.57. The van der Waals surface area contributed by atoms with E-state index >= 15 is 0 Å². The number of aromatic amines is 2. The van der Waals surface area contributed by atoms with Gasteiger partial charge < -0.3 is 36.8 Å². The largest absolute Gasteiger partial charge is 0.480 e. The molecule has 2 aromatic heterocycles. The van der Waals surface area contributed by atoms with Gasteiger partial charge in [-0.2, -0.15) is 11.8 Å². The van der Waals surface area contributed by atoms with Gasteiger partial charge in [0.05, 0.1) is 18.7 Å². The summed E-state index contributed by atoms with van der Waals surface area (Å²) in [4.78, 5) is 62.9. The van der Waals surface area contributed by atoms with Crippen LogP contribution in [0.2, 0.25) is 0 Å². The molecule has 0 spiro atoms. The van der Waals surface area contributed by atoms with Crippen molar-refractivity contribution in [3.05, 3.63) is 36.4 Å². The Labute approximate surface area is 200 Å². The average molecular weight is 495 g/mol. The van der Waals surface area contributed by atoms with Gasteiger partial charge in [0.25, 0.3) is 0 Å². The monoisotopic (exact) mass is 494 g/mol. The predicted molar refractivity (Wildman–Crippen MR) is 125 cm³/mol. The fourth-order valence-corrected chi connectivity index (χ4v) is 3.47. The van der Waals surface area contributed by atoms with E-state index in [9.17, 15) is 24.3 Å². The number of nitrogens with zero attached hydrogens (tertiary/aromatic N) is 2. The first kappa shape index (κ1) is 26.9. The standard InChI is InChI=1S/C20H30N8O5S/c1-11(17(29)27-15(20(32)33)3-4-34-2)26-19(31)16(6-13-8-23-10-25-13)28-18(30)14(21)5-12-7-22-9-24-12/h7-11,14-16H,3-6,21H2,1-2H3,(H,22,24)(H,23,25)(H,26,31)(H,27,29)(H,28,30)(H,32,33). The number of carboxylic acid groups (broad SMARTS) is 1. The highest BCUT2D eigenvalue weighted by molar-refractivity contribution is 7.98. The van der Waals surface area contributed by atoms with Crippen LogP contribution < -0.4 is 21.7 Å². The smallest absolute Gasteiger partial charge is 0.326 e. The topological polar surface area (TPSA) is 208 Å². The van der Waals surface area contributed by atoms with Gasteiger partial charge in [-0.3, -0.25) is 14.4 Å². The Hall–Kier alpha value is -3.39. The van der Waals surface area contributed by atoms with E-state index in [1.165, 1.54) is 37.5 Å². The second kappa shape index (κ2) is 13.3. The maximum atomic E-state index is 12.9. The molecule has 4 atom stereocenters.